The lowest BCUT2D eigenvalue weighted by atomic mass is 9.95. The number of para-hydroxylation sites is 1. The van der Waals surface area contributed by atoms with Crippen LogP contribution < -0.4 is 10.2 Å². The molecule has 132 valence electrons. The first kappa shape index (κ1) is 17.6. The summed E-state index contributed by atoms with van der Waals surface area (Å²) in [6.45, 7) is 5.63. The largest absolute Gasteiger partial charge is 0.368 e. The van der Waals surface area contributed by atoms with Crippen molar-refractivity contribution in [2.75, 3.05) is 31.1 Å². The van der Waals surface area contributed by atoms with Gasteiger partial charge >= 0.3 is 0 Å². The monoisotopic (exact) mass is 349 g/mol. The Balaban J connectivity index is 1.50. The molecule has 0 spiro atoms. The summed E-state index contributed by atoms with van der Waals surface area (Å²) in [4.78, 5) is 17.1. The molecule has 1 aromatic rings. The van der Waals surface area contributed by atoms with Crippen LogP contribution >= 0.6 is 11.6 Å². The van der Waals surface area contributed by atoms with Crippen LogP contribution in [-0.2, 0) is 4.79 Å². The van der Waals surface area contributed by atoms with E-state index < -0.39 is 0 Å². The van der Waals surface area contributed by atoms with Gasteiger partial charge in [0.15, 0.2) is 0 Å². The second-order valence-corrected chi connectivity index (χ2v) is 7.40. The van der Waals surface area contributed by atoms with Gasteiger partial charge in [0.2, 0.25) is 5.91 Å². The van der Waals surface area contributed by atoms with Crippen molar-refractivity contribution < 1.29 is 4.79 Å². The molecular formula is C19H28ClN3O. The van der Waals surface area contributed by atoms with Crippen molar-refractivity contribution in [3.63, 3.8) is 0 Å². The molecule has 0 bridgehead atoms. The zero-order valence-electron chi connectivity index (χ0n) is 14.5. The number of benzene rings is 1. The van der Waals surface area contributed by atoms with Gasteiger partial charge < -0.3 is 10.2 Å². The second-order valence-electron chi connectivity index (χ2n) is 6.99. The standard InChI is InChI=1S/C19H28ClN3O/c1-15(19(24)21-16-7-3-2-4-8-16)22-11-13-23(14-12-22)18-10-6-5-9-17(18)20/h5-6,9-10,15-16H,2-4,7-8,11-14H2,1H3,(H,21,24). The number of piperazine rings is 1. The minimum absolute atomic E-state index is 0.0553. The molecule has 3 rings (SSSR count). The van der Waals surface area contributed by atoms with Crippen LogP contribution in [0.2, 0.25) is 5.02 Å². The van der Waals surface area contributed by atoms with Gasteiger partial charge in [-0.05, 0) is 31.9 Å². The maximum absolute atomic E-state index is 12.5. The zero-order valence-corrected chi connectivity index (χ0v) is 15.3. The van der Waals surface area contributed by atoms with Gasteiger partial charge in [-0.15, -0.1) is 0 Å². The van der Waals surface area contributed by atoms with E-state index in [1.807, 2.05) is 25.1 Å². The van der Waals surface area contributed by atoms with E-state index in [0.717, 1.165) is 49.7 Å². The van der Waals surface area contributed by atoms with Crippen molar-refractivity contribution >= 4 is 23.2 Å². The molecule has 2 fully saturated rings. The molecule has 0 aromatic heterocycles. The number of rotatable bonds is 4. The summed E-state index contributed by atoms with van der Waals surface area (Å²) in [7, 11) is 0. The topological polar surface area (TPSA) is 35.6 Å². The van der Waals surface area contributed by atoms with Gasteiger partial charge in [0.1, 0.15) is 0 Å². The quantitative estimate of drug-likeness (QED) is 0.906. The highest BCUT2D eigenvalue weighted by atomic mass is 35.5. The highest BCUT2D eigenvalue weighted by Crippen LogP contribution is 2.26. The first-order valence-electron chi connectivity index (χ1n) is 9.19. The number of hydrogen-bond donors (Lipinski definition) is 1. The van der Waals surface area contributed by atoms with Crippen LogP contribution in [0, 0.1) is 0 Å². The van der Waals surface area contributed by atoms with E-state index in [1.165, 1.54) is 19.3 Å². The molecule has 1 saturated heterocycles. The maximum atomic E-state index is 12.5. The third-order valence-electron chi connectivity index (χ3n) is 5.39. The van der Waals surface area contributed by atoms with E-state index in [0.29, 0.717) is 6.04 Å². The molecule has 4 nitrogen and oxygen atoms in total. The lowest BCUT2D eigenvalue weighted by Gasteiger charge is -2.39. The van der Waals surface area contributed by atoms with Crippen LogP contribution in [0.1, 0.15) is 39.0 Å². The van der Waals surface area contributed by atoms with Crippen molar-refractivity contribution in [3.05, 3.63) is 29.3 Å². The maximum Gasteiger partial charge on any atom is 0.237 e. The predicted molar refractivity (Wildman–Crippen MR) is 99.7 cm³/mol. The van der Waals surface area contributed by atoms with Crippen LogP contribution in [-0.4, -0.2) is 49.1 Å². The van der Waals surface area contributed by atoms with Gasteiger partial charge in [0.25, 0.3) is 0 Å². The number of amides is 1. The molecule has 2 aliphatic rings. The molecular weight excluding hydrogens is 322 g/mol. The number of nitrogens with one attached hydrogen (secondary N) is 1. The summed E-state index contributed by atoms with van der Waals surface area (Å²) in [5.74, 6) is 0.188. The number of carbonyl (C=O) groups excluding carboxylic acids is 1. The van der Waals surface area contributed by atoms with Crippen molar-refractivity contribution in [2.45, 2.75) is 51.1 Å². The number of halogens is 1. The molecule has 24 heavy (non-hydrogen) atoms. The highest BCUT2D eigenvalue weighted by molar-refractivity contribution is 6.33. The van der Waals surface area contributed by atoms with Crippen LogP contribution in [0.3, 0.4) is 0 Å². The zero-order chi connectivity index (χ0) is 16.9. The summed E-state index contributed by atoms with van der Waals surface area (Å²) in [6.07, 6.45) is 6.08. The molecule has 1 unspecified atom stereocenters. The average molecular weight is 350 g/mol. The summed E-state index contributed by atoms with van der Waals surface area (Å²) < 4.78 is 0. The Morgan fingerprint density at radius 1 is 1.12 bits per heavy atom. The van der Waals surface area contributed by atoms with Crippen LogP contribution in [0.25, 0.3) is 0 Å². The van der Waals surface area contributed by atoms with Gasteiger partial charge in [-0.25, -0.2) is 0 Å². The molecule has 1 saturated carbocycles. The fourth-order valence-corrected chi connectivity index (χ4v) is 4.05. The summed E-state index contributed by atoms with van der Waals surface area (Å²) in [5.41, 5.74) is 1.10. The van der Waals surface area contributed by atoms with Gasteiger partial charge in [-0.1, -0.05) is 43.0 Å². The van der Waals surface area contributed by atoms with Gasteiger partial charge in [-0.2, -0.15) is 0 Å². The fourth-order valence-electron chi connectivity index (χ4n) is 3.79. The normalized spacial score (nSPS) is 21.5. The number of carbonyl (C=O) groups is 1. The van der Waals surface area contributed by atoms with E-state index in [2.05, 4.69) is 21.2 Å². The van der Waals surface area contributed by atoms with Crippen LogP contribution in [0.15, 0.2) is 24.3 Å². The van der Waals surface area contributed by atoms with E-state index in [-0.39, 0.29) is 11.9 Å². The van der Waals surface area contributed by atoms with Crippen molar-refractivity contribution in [1.82, 2.24) is 10.2 Å². The molecule has 1 aliphatic carbocycles. The lowest BCUT2D eigenvalue weighted by Crippen LogP contribution is -2.55. The lowest BCUT2D eigenvalue weighted by molar-refractivity contribution is -0.127. The predicted octanol–water partition coefficient (Wildman–Crippen LogP) is 3.30. The van der Waals surface area contributed by atoms with Crippen molar-refractivity contribution in [3.8, 4) is 0 Å². The summed E-state index contributed by atoms with van der Waals surface area (Å²) >= 11 is 6.30. The van der Waals surface area contributed by atoms with E-state index in [1.54, 1.807) is 0 Å². The smallest absolute Gasteiger partial charge is 0.237 e. The summed E-state index contributed by atoms with van der Waals surface area (Å²) in [5, 5.41) is 4.05. The number of anilines is 1. The van der Waals surface area contributed by atoms with Crippen molar-refractivity contribution in [1.29, 1.82) is 0 Å². The fraction of sp³-hybridized carbons (Fsp3) is 0.632. The Kier molecular flexibility index (Phi) is 6.01. The first-order valence-corrected chi connectivity index (χ1v) is 9.57. The van der Waals surface area contributed by atoms with Crippen molar-refractivity contribution in [2.24, 2.45) is 0 Å². The van der Waals surface area contributed by atoms with E-state index >= 15 is 0 Å². The third kappa shape index (κ3) is 4.22. The van der Waals surface area contributed by atoms with Crippen LogP contribution in [0.5, 0.6) is 0 Å². The molecule has 1 aromatic carbocycles. The van der Waals surface area contributed by atoms with Gasteiger partial charge in [0, 0.05) is 32.2 Å². The molecule has 1 N–H and O–H groups in total. The van der Waals surface area contributed by atoms with E-state index in [4.69, 9.17) is 11.6 Å². The van der Waals surface area contributed by atoms with Gasteiger partial charge in [-0.3, -0.25) is 9.69 Å². The third-order valence-corrected chi connectivity index (χ3v) is 5.71. The SMILES string of the molecule is CC(C(=O)NC1CCCCC1)N1CCN(c2ccccc2Cl)CC1. The minimum Gasteiger partial charge on any atom is -0.368 e. The Hall–Kier alpha value is -1.26. The Bertz CT molecular complexity index is 551. The number of hydrogen-bond acceptors (Lipinski definition) is 3. The Labute approximate surface area is 150 Å². The van der Waals surface area contributed by atoms with Crippen LogP contribution in [0.4, 0.5) is 5.69 Å². The molecule has 1 aliphatic heterocycles. The Morgan fingerprint density at radius 2 is 1.79 bits per heavy atom. The van der Waals surface area contributed by atoms with Gasteiger partial charge in [0.05, 0.1) is 16.8 Å². The average Bonchev–Trinajstić information content (AvgIpc) is 2.62. The van der Waals surface area contributed by atoms with E-state index in [9.17, 15) is 4.79 Å². The minimum atomic E-state index is -0.0553. The molecule has 0 radical (unpaired) electrons. The second kappa shape index (κ2) is 8.21. The molecule has 1 amide bonds. The summed E-state index contributed by atoms with van der Waals surface area (Å²) in [6, 6.07) is 8.31. The molecule has 5 heteroatoms. The Morgan fingerprint density at radius 3 is 2.46 bits per heavy atom. The highest BCUT2D eigenvalue weighted by Gasteiger charge is 2.27. The molecule has 1 heterocycles. The molecule has 1 atom stereocenters. The first-order chi connectivity index (χ1) is 11.6. The number of nitrogens with zero attached hydrogens (tertiary/aromatic N) is 2.